The maximum atomic E-state index is 12.5. The van der Waals surface area contributed by atoms with E-state index in [2.05, 4.69) is 0 Å². The van der Waals surface area contributed by atoms with E-state index in [1.807, 2.05) is 0 Å². The van der Waals surface area contributed by atoms with Crippen molar-refractivity contribution in [2.45, 2.75) is 19.2 Å². The standard InChI is InChI=1S/C12H16NO4P/c1-3-16-18(15,17-4-2)12(14,10-13)11-8-6-5-7-9-11/h5-9,14H,3-4H2,1-2H3. The maximum absolute atomic E-state index is 12.5. The van der Waals surface area contributed by atoms with Crippen LogP contribution in [-0.4, -0.2) is 18.3 Å². The van der Waals surface area contributed by atoms with Crippen LogP contribution in [0.2, 0.25) is 0 Å². The minimum absolute atomic E-state index is 0.0775. The molecule has 0 amide bonds. The third-order valence-corrected chi connectivity index (χ3v) is 4.67. The smallest absolute Gasteiger partial charge is 0.362 e. The summed E-state index contributed by atoms with van der Waals surface area (Å²) in [5.41, 5.74) is 0.192. The summed E-state index contributed by atoms with van der Waals surface area (Å²) in [6, 6.07) is 9.67. The van der Waals surface area contributed by atoms with Crippen molar-refractivity contribution < 1.29 is 18.7 Å². The first-order valence-electron chi connectivity index (χ1n) is 5.62. The van der Waals surface area contributed by atoms with Crippen molar-refractivity contribution in [1.82, 2.24) is 0 Å². The molecule has 1 unspecified atom stereocenters. The van der Waals surface area contributed by atoms with Crippen LogP contribution in [0.1, 0.15) is 19.4 Å². The zero-order valence-electron chi connectivity index (χ0n) is 10.4. The van der Waals surface area contributed by atoms with Crippen LogP contribution in [0.15, 0.2) is 30.3 Å². The summed E-state index contributed by atoms with van der Waals surface area (Å²) in [5.74, 6) is 0. The fourth-order valence-electron chi connectivity index (χ4n) is 1.52. The van der Waals surface area contributed by atoms with Gasteiger partial charge >= 0.3 is 7.60 Å². The predicted molar refractivity (Wildman–Crippen MR) is 66.8 cm³/mol. The fourth-order valence-corrected chi connectivity index (χ4v) is 3.23. The average Bonchev–Trinajstić information content (AvgIpc) is 2.39. The molecule has 1 aromatic carbocycles. The van der Waals surface area contributed by atoms with Crippen molar-refractivity contribution in [2.24, 2.45) is 0 Å². The Morgan fingerprint density at radius 1 is 1.28 bits per heavy atom. The van der Waals surface area contributed by atoms with Crippen LogP contribution in [0.4, 0.5) is 0 Å². The van der Waals surface area contributed by atoms with Crippen molar-refractivity contribution in [3.63, 3.8) is 0 Å². The van der Waals surface area contributed by atoms with E-state index in [1.165, 1.54) is 12.1 Å². The molecule has 1 rings (SSSR count). The molecular formula is C12H16NO4P. The molecule has 0 aliphatic heterocycles. The molecule has 6 heteroatoms. The topological polar surface area (TPSA) is 79.6 Å². The van der Waals surface area contributed by atoms with Gasteiger partial charge in [-0.1, -0.05) is 30.3 Å². The van der Waals surface area contributed by atoms with Crippen molar-refractivity contribution in [1.29, 1.82) is 5.26 Å². The lowest BCUT2D eigenvalue weighted by atomic mass is 10.1. The van der Waals surface area contributed by atoms with Gasteiger partial charge in [-0.05, 0) is 13.8 Å². The number of hydrogen-bond donors (Lipinski definition) is 1. The van der Waals surface area contributed by atoms with Crippen LogP contribution in [0.25, 0.3) is 0 Å². The van der Waals surface area contributed by atoms with Gasteiger partial charge in [0.1, 0.15) is 6.07 Å². The molecule has 98 valence electrons. The second-order valence-electron chi connectivity index (χ2n) is 3.48. The van der Waals surface area contributed by atoms with Gasteiger partial charge in [0.05, 0.1) is 13.2 Å². The Bertz CT molecular complexity index is 461. The molecule has 18 heavy (non-hydrogen) atoms. The van der Waals surface area contributed by atoms with E-state index in [4.69, 9.17) is 9.05 Å². The van der Waals surface area contributed by atoms with Gasteiger partial charge in [-0.2, -0.15) is 5.26 Å². The Morgan fingerprint density at radius 2 is 1.78 bits per heavy atom. The quantitative estimate of drug-likeness (QED) is 0.634. The van der Waals surface area contributed by atoms with Gasteiger partial charge in [-0.3, -0.25) is 4.57 Å². The maximum Gasteiger partial charge on any atom is 0.381 e. The van der Waals surface area contributed by atoms with Gasteiger partial charge < -0.3 is 14.2 Å². The van der Waals surface area contributed by atoms with E-state index in [9.17, 15) is 14.9 Å². The molecule has 0 saturated carbocycles. The summed E-state index contributed by atoms with van der Waals surface area (Å²) >= 11 is 0. The highest BCUT2D eigenvalue weighted by atomic mass is 31.2. The number of hydrogen-bond acceptors (Lipinski definition) is 5. The Balaban J connectivity index is 3.29. The van der Waals surface area contributed by atoms with E-state index in [0.29, 0.717) is 0 Å². The highest BCUT2D eigenvalue weighted by molar-refractivity contribution is 7.55. The van der Waals surface area contributed by atoms with Crippen LogP contribution < -0.4 is 0 Å². The highest BCUT2D eigenvalue weighted by Crippen LogP contribution is 2.63. The fraction of sp³-hybridized carbons (Fsp3) is 0.417. The summed E-state index contributed by atoms with van der Waals surface area (Å²) < 4.78 is 22.6. The van der Waals surface area contributed by atoms with Gasteiger partial charge in [-0.15, -0.1) is 0 Å². The normalized spacial score (nSPS) is 14.8. The Labute approximate surface area is 106 Å². The van der Waals surface area contributed by atoms with Crippen LogP contribution in [-0.2, 0) is 19.0 Å². The van der Waals surface area contributed by atoms with Gasteiger partial charge in [-0.25, -0.2) is 0 Å². The number of benzene rings is 1. The summed E-state index contributed by atoms with van der Waals surface area (Å²) in [4.78, 5) is 0. The lowest BCUT2D eigenvalue weighted by molar-refractivity contribution is 0.107. The average molecular weight is 269 g/mol. The largest absolute Gasteiger partial charge is 0.381 e. The first-order valence-corrected chi connectivity index (χ1v) is 7.16. The Kier molecular flexibility index (Phi) is 5.06. The van der Waals surface area contributed by atoms with E-state index in [1.54, 1.807) is 38.1 Å². The van der Waals surface area contributed by atoms with Gasteiger partial charge in [0, 0.05) is 5.56 Å². The molecule has 0 aliphatic rings. The minimum Gasteiger partial charge on any atom is -0.362 e. The van der Waals surface area contributed by atoms with Crippen LogP contribution in [0.3, 0.4) is 0 Å². The summed E-state index contributed by atoms with van der Waals surface area (Å²) in [7, 11) is -3.97. The van der Waals surface area contributed by atoms with Crippen LogP contribution in [0, 0.1) is 11.3 Å². The molecule has 1 atom stereocenters. The minimum atomic E-state index is -3.97. The summed E-state index contributed by atoms with van der Waals surface area (Å²) in [5, 5.41) is 17.3. The number of aliphatic hydroxyl groups is 1. The van der Waals surface area contributed by atoms with E-state index in [-0.39, 0.29) is 18.8 Å². The zero-order valence-corrected chi connectivity index (χ0v) is 11.3. The van der Waals surface area contributed by atoms with E-state index < -0.39 is 12.9 Å². The van der Waals surface area contributed by atoms with Crippen molar-refractivity contribution in [2.75, 3.05) is 13.2 Å². The van der Waals surface area contributed by atoms with Gasteiger partial charge in [0.2, 0.25) is 0 Å². The molecule has 5 nitrogen and oxygen atoms in total. The van der Waals surface area contributed by atoms with Gasteiger partial charge in [0.25, 0.3) is 5.34 Å². The van der Waals surface area contributed by atoms with Crippen molar-refractivity contribution in [3.05, 3.63) is 35.9 Å². The van der Waals surface area contributed by atoms with Crippen molar-refractivity contribution >= 4 is 7.60 Å². The molecule has 0 spiro atoms. The van der Waals surface area contributed by atoms with Crippen LogP contribution in [0.5, 0.6) is 0 Å². The number of rotatable bonds is 6. The number of nitriles is 1. The molecule has 0 aromatic heterocycles. The first kappa shape index (κ1) is 14.9. The molecule has 1 aromatic rings. The molecular weight excluding hydrogens is 253 g/mol. The molecule has 0 heterocycles. The van der Waals surface area contributed by atoms with Crippen LogP contribution >= 0.6 is 7.60 Å². The number of nitrogens with zero attached hydrogens (tertiary/aromatic N) is 1. The molecule has 1 N–H and O–H groups in total. The highest BCUT2D eigenvalue weighted by Gasteiger charge is 2.52. The molecule has 0 radical (unpaired) electrons. The van der Waals surface area contributed by atoms with Gasteiger partial charge in [0.15, 0.2) is 0 Å². The molecule has 0 saturated heterocycles. The van der Waals surface area contributed by atoms with E-state index >= 15 is 0 Å². The zero-order chi connectivity index (χ0) is 13.6. The first-order chi connectivity index (χ1) is 8.54. The second kappa shape index (κ2) is 6.12. The third kappa shape index (κ3) is 2.63. The summed E-state index contributed by atoms with van der Waals surface area (Å²) in [6.45, 7) is 3.39. The lowest BCUT2D eigenvalue weighted by Gasteiger charge is -2.28. The molecule has 0 bridgehead atoms. The third-order valence-electron chi connectivity index (χ3n) is 2.33. The van der Waals surface area contributed by atoms with E-state index in [0.717, 1.165) is 0 Å². The SMILES string of the molecule is CCOP(=O)(OCC)C(O)(C#N)c1ccccc1. The molecule has 0 aliphatic carbocycles. The predicted octanol–water partition coefficient (Wildman–Crippen LogP) is 2.62. The second-order valence-corrected chi connectivity index (χ2v) is 5.64. The monoisotopic (exact) mass is 269 g/mol. The van der Waals surface area contributed by atoms with Crippen molar-refractivity contribution in [3.8, 4) is 6.07 Å². The molecule has 0 fully saturated rings. The lowest BCUT2D eigenvalue weighted by Crippen LogP contribution is -2.26. The Hall–Kier alpha value is -1.18. The summed E-state index contributed by atoms with van der Waals surface area (Å²) in [6.07, 6.45) is 0. The Morgan fingerprint density at radius 3 is 2.17 bits per heavy atom.